The maximum Gasteiger partial charge on any atom is 0.239 e. The molecule has 1 atom stereocenters. The fourth-order valence-corrected chi connectivity index (χ4v) is 3.47. The molecule has 1 fully saturated rings. The number of rotatable bonds is 6. The summed E-state index contributed by atoms with van der Waals surface area (Å²) < 4.78 is 0. The van der Waals surface area contributed by atoms with E-state index in [9.17, 15) is 9.59 Å². The quantitative estimate of drug-likeness (QED) is 0.789. The van der Waals surface area contributed by atoms with E-state index in [1.165, 1.54) is 5.56 Å². The van der Waals surface area contributed by atoms with Gasteiger partial charge >= 0.3 is 0 Å². The zero-order chi connectivity index (χ0) is 18.5. The Hall–Kier alpha value is -2.33. The van der Waals surface area contributed by atoms with E-state index in [-0.39, 0.29) is 11.8 Å². The molecule has 1 aliphatic heterocycles. The number of anilines is 1. The van der Waals surface area contributed by atoms with Crippen LogP contribution < -0.4 is 10.2 Å². The van der Waals surface area contributed by atoms with Gasteiger partial charge in [-0.25, -0.2) is 0 Å². The molecule has 0 radical (unpaired) electrons. The molecule has 4 nitrogen and oxygen atoms in total. The second-order valence-corrected chi connectivity index (χ2v) is 6.89. The Kier molecular flexibility index (Phi) is 5.94. The van der Waals surface area contributed by atoms with Crippen molar-refractivity contribution in [2.24, 2.45) is 5.92 Å². The summed E-state index contributed by atoms with van der Waals surface area (Å²) in [5.41, 5.74) is 3.08. The van der Waals surface area contributed by atoms with Crippen molar-refractivity contribution < 1.29 is 9.59 Å². The third-order valence-corrected chi connectivity index (χ3v) is 5.20. The number of hydrogen-bond donors (Lipinski definition) is 1. The first-order valence-electron chi connectivity index (χ1n) is 9.01. The van der Waals surface area contributed by atoms with Crippen molar-refractivity contribution >= 4 is 29.1 Å². The van der Waals surface area contributed by atoms with E-state index in [4.69, 9.17) is 11.6 Å². The van der Waals surface area contributed by atoms with Gasteiger partial charge in [-0.2, -0.15) is 0 Å². The van der Waals surface area contributed by atoms with Crippen molar-refractivity contribution in [2.45, 2.75) is 26.2 Å². The lowest BCUT2D eigenvalue weighted by Crippen LogP contribution is -2.37. The first kappa shape index (κ1) is 18.5. The molecule has 3 rings (SSSR count). The zero-order valence-electron chi connectivity index (χ0n) is 14.9. The Morgan fingerprint density at radius 2 is 1.92 bits per heavy atom. The average Bonchev–Trinajstić information content (AvgIpc) is 3.05. The van der Waals surface area contributed by atoms with Crippen molar-refractivity contribution in [3.05, 3.63) is 64.7 Å². The molecule has 0 bridgehead atoms. The van der Waals surface area contributed by atoms with Crippen LogP contribution in [0.1, 0.15) is 24.5 Å². The number of benzene rings is 2. The largest absolute Gasteiger partial charge is 0.355 e. The van der Waals surface area contributed by atoms with Gasteiger partial charge in [-0.05, 0) is 48.6 Å². The molecule has 1 unspecified atom stereocenters. The molecule has 1 heterocycles. The van der Waals surface area contributed by atoms with Crippen molar-refractivity contribution in [3.8, 4) is 0 Å². The standard InChI is InChI=1S/C21H23ClN2O2/c1-2-15-7-9-17(10-8-15)24-14-12-18(21(24)26)20(25)23-13-11-16-5-3-4-6-19(16)22/h3-10,18H,2,11-14H2,1H3,(H,23,25). The zero-order valence-corrected chi connectivity index (χ0v) is 15.6. The summed E-state index contributed by atoms with van der Waals surface area (Å²) in [6.45, 7) is 3.14. The molecule has 2 aromatic carbocycles. The van der Waals surface area contributed by atoms with Crippen LogP contribution in [0, 0.1) is 5.92 Å². The first-order chi connectivity index (χ1) is 12.6. The summed E-state index contributed by atoms with van der Waals surface area (Å²) >= 11 is 6.12. The number of nitrogens with one attached hydrogen (secondary N) is 1. The summed E-state index contributed by atoms with van der Waals surface area (Å²) in [5.74, 6) is -0.925. The van der Waals surface area contributed by atoms with Crippen LogP contribution in [-0.4, -0.2) is 24.9 Å². The Labute approximate surface area is 159 Å². The topological polar surface area (TPSA) is 49.4 Å². The second kappa shape index (κ2) is 8.37. The van der Waals surface area contributed by atoms with Gasteiger partial charge in [0.05, 0.1) is 0 Å². The predicted octanol–water partition coefficient (Wildman–Crippen LogP) is 3.61. The van der Waals surface area contributed by atoms with Crippen molar-refractivity contribution in [1.29, 1.82) is 0 Å². The van der Waals surface area contributed by atoms with E-state index in [0.29, 0.717) is 31.0 Å². The molecule has 5 heteroatoms. The summed E-state index contributed by atoms with van der Waals surface area (Å²) in [5, 5.41) is 3.57. The van der Waals surface area contributed by atoms with E-state index in [0.717, 1.165) is 17.7 Å². The lowest BCUT2D eigenvalue weighted by atomic mass is 10.1. The highest BCUT2D eigenvalue weighted by atomic mass is 35.5. The summed E-state index contributed by atoms with van der Waals surface area (Å²) in [7, 11) is 0. The number of carbonyl (C=O) groups excluding carboxylic acids is 2. The SMILES string of the molecule is CCc1ccc(N2CCC(C(=O)NCCc3ccccc3Cl)C2=O)cc1. The number of nitrogens with zero attached hydrogens (tertiary/aromatic N) is 1. The second-order valence-electron chi connectivity index (χ2n) is 6.48. The molecule has 0 saturated carbocycles. The van der Waals surface area contributed by atoms with Gasteiger partial charge < -0.3 is 10.2 Å². The van der Waals surface area contributed by atoms with Gasteiger partial charge in [0.2, 0.25) is 11.8 Å². The maximum atomic E-state index is 12.6. The Morgan fingerprint density at radius 3 is 2.62 bits per heavy atom. The van der Waals surface area contributed by atoms with Crippen LogP contribution in [0.5, 0.6) is 0 Å². The molecule has 1 saturated heterocycles. The number of aryl methyl sites for hydroxylation is 1. The first-order valence-corrected chi connectivity index (χ1v) is 9.39. The van der Waals surface area contributed by atoms with Crippen LogP contribution in [0.15, 0.2) is 48.5 Å². The van der Waals surface area contributed by atoms with E-state index in [1.807, 2.05) is 48.5 Å². The smallest absolute Gasteiger partial charge is 0.239 e. The fourth-order valence-electron chi connectivity index (χ4n) is 3.24. The van der Waals surface area contributed by atoms with Crippen molar-refractivity contribution in [1.82, 2.24) is 5.32 Å². The molecule has 1 aliphatic rings. The van der Waals surface area contributed by atoms with Crippen LogP contribution in [-0.2, 0) is 22.4 Å². The summed E-state index contributed by atoms with van der Waals surface area (Å²) in [6.07, 6.45) is 2.16. The molecular weight excluding hydrogens is 348 g/mol. The van der Waals surface area contributed by atoms with Gasteiger partial charge in [0.15, 0.2) is 0 Å². The molecule has 26 heavy (non-hydrogen) atoms. The molecule has 2 amide bonds. The monoisotopic (exact) mass is 370 g/mol. The van der Waals surface area contributed by atoms with Gasteiger partial charge in [0, 0.05) is 23.8 Å². The third-order valence-electron chi connectivity index (χ3n) is 4.83. The molecular formula is C21H23ClN2O2. The Balaban J connectivity index is 1.55. The highest BCUT2D eigenvalue weighted by molar-refractivity contribution is 6.31. The molecule has 2 aromatic rings. The molecule has 0 spiro atoms. The molecule has 0 aromatic heterocycles. The highest BCUT2D eigenvalue weighted by Crippen LogP contribution is 2.26. The van der Waals surface area contributed by atoms with E-state index >= 15 is 0 Å². The Bertz CT molecular complexity index is 789. The third kappa shape index (κ3) is 4.07. The Morgan fingerprint density at radius 1 is 1.19 bits per heavy atom. The fraction of sp³-hybridized carbons (Fsp3) is 0.333. The maximum absolute atomic E-state index is 12.6. The minimum atomic E-state index is -0.605. The van der Waals surface area contributed by atoms with E-state index in [2.05, 4.69) is 12.2 Å². The van der Waals surface area contributed by atoms with E-state index in [1.54, 1.807) is 4.90 Å². The number of amides is 2. The van der Waals surface area contributed by atoms with Crippen LogP contribution in [0.3, 0.4) is 0 Å². The summed E-state index contributed by atoms with van der Waals surface area (Å²) in [6, 6.07) is 15.5. The van der Waals surface area contributed by atoms with Gasteiger partial charge in [-0.1, -0.05) is 48.9 Å². The van der Waals surface area contributed by atoms with E-state index < -0.39 is 5.92 Å². The van der Waals surface area contributed by atoms with Crippen LogP contribution in [0.25, 0.3) is 0 Å². The molecule has 1 N–H and O–H groups in total. The minimum Gasteiger partial charge on any atom is -0.355 e. The lowest BCUT2D eigenvalue weighted by molar-refractivity contribution is -0.132. The number of carbonyl (C=O) groups is 2. The minimum absolute atomic E-state index is 0.121. The molecule has 0 aliphatic carbocycles. The van der Waals surface area contributed by atoms with Gasteiger partial charge in [-0.15, -0.1) is 0 Å². The van der Waals surface area contributed by atoms with Gasteiger partial charge in [0.1, 0.15) is 5.92 Å². The lowest BCUT2D eigenvalue weighted by Gasteiger charge is -2.17. The summed E-state index contributed by atoms with van der Waals surface area (Å²) in [4.78, 5) is 26.8. The van der Waals surface area contributed by atoms with Gasteiger partial charge in [-0.3, -0.25) is 9.59 Å². The number of hydrogen-bond acceptors (Lipinski definition) is 2. The van der Waals surface area contributed by atoms with Crippen LogP contribution >= 0.6 is 11.6 Å². The van der Waals surface area contributed by atoms with Crippen LogP contribution in [0.2, 0.25) is 5.02 Å². The average molecular weight is 371 g/mol. The van der Waals surface area contributed by atoms with Crippen molar-refractivity contribution in [3.63, 3.8) is 0 Å². The highest BCUT2D eigenvalue weighted by Gasteiger charge is 2.37. The normalized spacial score (nSPS) is 16.8. The number of halogens is 1. The predicted molar refractivity (Wildman–Crippen MR) is 104 cm³/mol. The molecule has 136 valence electrons. The van der Waals surface area contributed by atoms with Gasteiger partial charge in [0.25, 0.3) is 0 Å². The van der Waals surface area contributed by atoms with Crippen molar-refractivity contribution in [2.75, 3.05) is 18.0 Å². The van der Waals surface area contributed by atoms with Crippen LogP contribution in [0.4, 0.5) is 5.69 Å².